The Morgan fingerprint density at radius 3 is 2.30 bits per heavy atom. The third-order valence-corrected chi connectivity index (χ3v) is 3.12. The molecule has 0 aliphatic heterocycles. The Labute approximate surface area is 115 Å². The standard InChI is InChI=1S/C15H15F3N2/c1-9-3-2-4-10(5-9)6-14(20-19)15-12(17)7-11(16)8-13(15)18/h2-5,7-8,14,20H,6,19H2,1H3. The zero-order chi connectivity index (χ0) is 14.7. The van der Waals surface area contributed by atoms with Crippen LogP contribution in [0, 0.1) is 24.4 Å². The molecule has 0 saturated heterocycles. The fourth-order valence-corrected chi connectivity index (χ4v) is 2.21. The van der Waals surface area contributed by atoms with E-state index in [2.05, 4.69) is 5.43 Å². The Balaban J connectivity index is 2.34. The van der Waals surface area contributed by atoms with Crippen LogP contribution in [0.25, 0.3) is 0 Å². The van der Waals surface area contributed by atoms with Gasteiger partial charge in [0.15, 0.2) is 0 Å². The van der Waals surface area contributed by atoms with Crippen molar-refractivity contribution in [3.63, 3.8) is 0 Å². The van der Waals surface area contributed by atoms with E-state index in [1.165, 1.54) is 0 Å². The fourth-order valence-electron chi connectivity index (χ4n) is 2.21. The third kappa shape index (κ3) is 3.18. The minimum Gasteiger partial charge on any atom is -0.271 e. The van der Waals surface area contributed by atoms with Crippen LogP contribution in [0.3, 0.4) is 0 Å². The van der Waals surface area contributed by atoms with E-state index in [1.54, 1.807) is 0 Å². The first-order valence-electron chi connectivity index (χ1n) is 6.17. The number of hydrazine groups is 1. The van der Waals surface area contributed by atoms with Crippen LogP contribution < -0.4 is 11.3 Å². The molecule has 3 N–H and O–H groups in total. The van der Waals surface area contributed by atoms with E-state index in [0.717, 1.165) is 11.1 Å². The molecule has 20 heavy (non-hydrogen) atoms. The molecule has 0 bridgehead atoms. The van der Waals surface area contributed by atoms with Crippen molar-refractivity contribution in [1.82, 2.24) is 5.43 Å². The molecule has 1 atom stereocenters. The Bertz CT molecular complexity index is 591. The van der Waals surface area contributed by atoms with Gasteiger partial charge in [0.1, 0.15) is 17.5 Å². The molecule has 2 aromatic rings. The minimum atomic E-state index is -0.949. The summed E-state index contributed by atoms with van der Waals surface area (Å²) in [7, 11) is 0. The predicted octanol–water partition coefficient (Wildman–Crippen LogP) is 3.16. The molecule has 0 heterocycles. The summed E-state index contributed by atoms with van der Waals surface area (Å²) in [5.41, 5.74) is 4.06. The molecular formula is C15H15F3N2. The molecule has 0 aromatic heterocycles. The Kier molecular flexibility index (Phi) is 4.42. The van der Waals surface area contributed by atoms with Gasteiger partial charge in [-0.2, -0.15) is 0 Å². The van der Waals surface area contributed by atoms with Crippen molar-refractivity contribution < 1.29 is 13.2 Å². The average molecular weight is 280 g/mol. The van der Waals surface area contributed by atoms with Crippen LogP contribution >= 0.6 is 0 Å². The molecule has 0 radical (unpaired) electrons. The summed E-state index contributed by atoms with van der Waals surface area (Å²) in [6, 6.07) is 8.07. The van der Waals surface area contributed by atoms with Gasteiger partial charge in [-0.15, -0.1) is 0 Å². The monoisotopic (exact) mass is 280 g/mol. The number of hydrogen-bond donors (Lipinski definition) is 2. The second-order valence-electron chi connectivity index (χ2n) is 4.70. The summed E-state index contributed by atoms with van der Waals surface area (Å²) in [5.74, 6) is 2.55. The summed E-state index contributed by atoms with van der Waals surface area (Å²) >= 11 is 0. The fraction of sp³-hybridized carbons (Fsp3) is 0.200. The van der Waals surface area contributed by atoms with Gasteiger partial charge in [0.25, 0.3) is 0 Å². The van der Waals surface area contributed by atoms with Gasteiger partial charge in [-0.05, 0) is 18.9 Å². The van der Waals surface area contributed by atoms with E-state index in [0.29, 0.717) is 18.6 Å². The SMILES string of the molecule is Cc1cccc(CC(NN)c2c(F)cc(F)cc2F)c1. The number of rotatable bonds is 4. The molecule has 0 spiro atoms. The summed E-state index contributed by atoms with van der Waals surface area (Å²) in [4.78, 5) is 0. The maximum atomic E-state index is 13.8. The molecule has 2 nitrogen and oxygen atoms in total. The van der Waals surface area contributed by atoms with Gasteiger partial charge in [0.2, 0.25) is 0 Å². The molecule has 106 valence electrons. The van der Waals surface area contributed by atoms with Crippen molar-refractivity contribution in [2.45, 2.75) is 19.4 Å². The second-order valence-corrected chi connectivity index (χ2v) is 4.70. The summed E-state index contributed by atoms with van der Waals surface area (Å²) in [6.07, 6.45) is 0.303. The first kappa shape index (κ1) is 14.6. The highest BCUT2D eigenvalue weighted by Gasteiger charge is 2.21. The van der Waals surface area contributed by atoms with Crippen LogP contribution in [-0.4, -0.2) is 0 Å². The Morgan fingerprint density at radius 1 is 1.10 bits per heavy atom. The lowest BCUT2D eigenvalue weighted by Crippen LogP contribution is -2.31. The highest BCUT2D eigenvalue weighted by atomic mass is 19.1. The lowest BCUT2D eigenvalue weighted by molar-refractivity contribution is 0.462. The van der Waals surface area contributed by atoms with Gasteiger partial charge in [0.05, 0.1) is 6.04 Å². The van der Waals surface area contributed by atoms with Gasteiger partial charge in [-0.25, -0.2) is 13.2 Å². The van der Waals surface area contributed by atoms with Crippen LogP contribution in [0.1, 0.15) is 22.7 Å². The summed E-state index contributed by atoms with van der Waals surface area (Å²) < 4.78 is 40.4. The van der Waals surface area contributed by atoms with Gasteiger partial charge < -0.3 is 0 Å². The molecule has 0 saturated carbocycles. The van der Waals surface area contributed by atoms with E-state index < -0.39 is 23.5 Å². The predicted molar refractivity (Wildman–Crippen MR) is 71.3 cm³/mol. The van der Waals surface area contributed by atoms with Crippen molar-refractivity contribution in [3.8, 4) is 0 Å². The van der Waals surface area contributed by atoms with E-state index in [1.807, 2.05) is 31.2 Å². The van der Waals surface area contributed by atoms with Crippen LogP contribution in [0.15, 0.2) is 36.4 Å². The van der Waals surface area contributed by atoms with Crippen LogP contribution in [0.2, 0.25) is 0 Å². The lowest BCUT2D eigenvalue weighted by Gasteiger charge is -2.18. The molecular weight excluding hydrogens is 265 g/mol. The Hall–Kier alpha value is -1.85. The molecule has 0 aliphatic rings. The smallest absolute Gasteiger partial charge is 0.133 e. The zero-order valence-electron chi connectivity index (χ0n) is 11.0. The van der Waals surface area contributed by atoms with E-state index >= 15 is 0 Å². The first-order valence-corrected chi connectivity index (χ1v) is 6.17. The molecule has 5 heteroatoms. The van der Waals surface area contributed by atoms with E-state index in [9.17, 15) is 13.2 Å². The van der Waals surface area contributed by atoms with Gasteiger partial charge >= 0.3 is 0 Å². The molecule has 2 rings (SSSR count). The number of aryl methyl sites for hydroxylation is 1. The zero-order valence-corrected chi connectivity index (χ0v) is 11.0. The quantitative estimate of drug-likeness (QED) is 0.667. The highest BCUT2D eigenvalue weighted by Crippen LogP contribution is 2.25. The maximum Gasteiger partial charge on any atom is 0.133 e. The van der Waals surface area contributed by atoms with Crippen molar-refractivity contribution >= 4 is 0 Å². The minimum absolute atomic E-state index is 0.254. The molecule has 0 aliphatic carbocycles. The van der Waals surface area contributed by atoms with E-state index in [-0.39, 0.29) is 5.56 Å². The van der Waals surface area contributed by atoms with Gasteiger partial charge in [-0.3, -0.25) is 11.3 Å². The normalized spacial score (nSPS) is 12.4. The number of halogens is 3. The average Bonchev–Trinajstić information content (AvgIpc) is 2.36. The summed E-state index contributed by atoms with van der Waals surface area (Å²) in [6.45, 7) is 1.92. The maximum absolute atomic E-state index is 13.8. The first-order chi connectivity index (χ1) is 9.51. The number of hydrogen-bond acceptors (Lipinski definition) is 2. The molecule has 0 fully saturated rings. The van der Waals surface area contributed by atoms with Gasteiger partial charge in [-0.1, -0.05) is 29.8 Å². The molecule has 1 unspecified atom stereocenters. The third-order valence-electron chi connectivity index (χ3n) is 3.12. The topological polar surface area (TPSA) is 38.0 Å². The molecule has 0 amide bonds. The van der Waals surface area contributed by atoms with Crippen molar-refractivity contribution in [2.24, 2.45) is 5.84 Å². The van der Waals surface area contributed by atoms with Crippen LogP contribution in [0.4, 0.5) is 13.2 Å². The summed E-state index contributed by atoms with van der Waals surface area (Å²) in [5, 5.41) is 0. The largest absolute Gasteiger partial charge is 0.271 e. The number of benzene rings is 2. The van der Waals surface area contributed by atoms with Crippen molar-refractivity contribution in [1.29, 1.82) is 0 Å². The highest BCUT2D eigenvalue weighted by molar-refractivity contribution is 5.28. The van der Waals surface area contributed by atoms with Crippen molar-refractivity contribution in [2.75, 3.05) is 0 Å². The second kappa shape index (κ2) is 6.07. The van der Waals surface area contributed by atoms with Gasteiger partial charge in [0, 0.05) is 17.7 Å². The Morgan fingerprint density at radius 2 is 1.75 bits per heavy atom. The van der Waals surface area contributed by atoms with E-state index in [4.69, 9.17) is 5.84 Å². The number of nitrogens with one attached hydrogen (secondary N) is 1. The lowest BCUT2D eigenvalue weighted by atomic mass is 9.97. The van der Waals surface area contributed by atoms with Crippen molar-refractivity contribution in [3.05, 3.63) is 70.5 Å². The number of nitrogens with two attached hydrogens (primary N) is 1. The molecule has 2 aromatic carbocycles. The van der Waals surface area contributed by atoms with Crippen LogP contribution in [-0.2, 0) is 6.42 Å². The van der Waals surface area contributed by atoms with Crippen LogP contribution in [0.5, 0.6) is 0 Å².